The van der Waals surface area contributed by atoms with Crippen LogP contribution >= 0.6 is 0 Å². The highest BCUT2D eigenvalue weighted by Crippen LogP contribution is 2.23. The van der Waals surface area contributed by atoms with Crippen LogP contribution in [0.4, 0.5) is 0 Å². The molecule has 9 heteroatoms. The Labute approximate surface area is 185 Å². The molecule has 1 fully saturated rings. The third-order valence-corrected chi connectivity index (χ3v) is 7.55. The van der Waals surface area contributed by atoms with Gasteiger partial charge in [-0.05, 0) is 37.1 Å². The molecule has 0 saturated carbocycles. The fraction of sp³-hybridized carbons (Fsp3) is 0.304. The molecular weight excluding hydrogens is 428 g/mol. The molecule has 1 saturated heterocycles. The van der Waals surface area contributed by atoms with Crippen LogP contribution in [-0.2, 0) is 10.0 Å². The van der Waals surface area contributed by atoms with Crippen LogP contribution in [0.5, 0.6) is 0 Å². The fourth-order valence-electron chi connectivity index (χ4n) is 3.87. The molecule has 1 aliphatic heterocycles. The zero-order chi connectivity index (χ0) is 22.7. The molecule has 0 spiro atoms. The number of para-hydroxylation sites is 1. The molecule has 2 aromatic carbocycles. The second kappa shape index (κ2) is 9.02. The first-order valence-corrected chi connectivity index (χ1v) is 11.9. The third-order valence-electron chi connectivity index (χ3n) is 5.64. The summed E-state index contributed by atoms with van der Waals surface area (Å²) in [7, 11) is -3.64. The summed E-state index contributed by atoms with van der Waals surface area (Å²) in [6, 6.07) is 14.1. The minimum Gasteiger partial charge on any atom is -0.308 e. The van der Waals surface area contributed by atoms with E-state index in [2.05, 4.69) is 9.97 Å². The van der Waals surface area contributed by atoms with Crippen molar-refractivity contribution in [3.63, 3.8) is 0 Å². The lowest BCUT2D eigenvalue weighted by atomic mass is 9.98. The van der Waals surface area contributed by atoms with Crippen molar-refractivity contribution >= 4 is 26.7 Å². The van der Waals surface area contributed by atoms with Gasteiger partial charge in [-0.25, -0.2) is 13.4 Å². The number of carbonyl (C=O) groups is 1. The summed E-state index contributed by atoms with van der Waals surface area (Å²) < 4.78 is 27.4. The van der Waals surface area contributed by atoms with Gasteiger partial charge in [0, 0.05) is 18.7 Å². The normalized spacial score (nSPS) is 16.2. The van der Waals surface area contributed by atoms with E-state index in [0.717, 1.165) is 25.7 Å². The molecule has 1 N–H and O–H groups in total. The zero-order valence-electron chi connectivity index (χ0n) is 17.3. The number of hydrogen-bond acceptors (Lipinski definition) is 6. The predicted octanol–water partition coefficient (Wildman–Crippen LogP) is 2.98. The summed E-state index contributed by atoms with van der Waals surface area (Å²) in [5, 5.41) is 9.98. The number of carbonyl (C=O) groups excluding carboxylic acids is 1. The van der Waals surface area contributed by atoms with Crippen LogP contribution < -0.4 is 5.56 Å². The SMILES string of the molecule is N#C[C@H](C(=O)c1ccc(S(=O)(=O)N2CCCCCC2)cc1)c1nc2ccccc2c(=O)[nH]1. The molecule has 4 rings (SSSR count). The first-order chi connectivity index (χ1) is 15.4. The molecule has 1 atom stereocenters. The number of ketones is 1. The van der Waals surface area contributed by atoms with Gasteiger partial charge in [-0.15, -0.1) is 0 Å². The highest BCUT2D eigenvalue weighted by molar-refractivity contribution is 7.89. The second-order valence-corrected chi connectivity index (χ2v) is 9.68. The Hall–Kier alpha value is -3.35. The van der Waals surface area contributed by atoms with Crippen molar-refractivity contribution in [2.24, 2.45) is 0 Å². The van der Waals surface area contributed by atoms with Crippen molar-refractivity contribution in [1.29, 1.82) is 5.26 Å². The molecule has 0 amide bonds. The van der Waals surface area contributed by atoms with Gasteiger partial charge in [-0.3, -0.25) is 9.59 Å². The number of nitrogens with zero attached hydrogens (tertiary/aromatic N) is 3. The Morgan fingerprint density at radius 1 is 1.03 bits per heavy atom. The lowest BCUT2D eigenvalue weighted by molar-refractivity contribution is 0.0976. The number of H-pyrrole nitrogens is 1. The summed E-state index contributed by atoms with van der Waals surface area (Å²) in [6.45, 7) is 0.973. The number of aromatic amines is 1. The van der Waals surface area contributed by atoms with Crippen LogP contribution in [0.2, 0.25) is 0 Å². The van der Waals surface area contributed by atoms with Gasteiger partial charge in [0.1, 0.15) is 5.82 Å². The standard InChI is InChI=1S/C23H22N4O4S/c24-15-19(22-25-20-8-4-3-7-18(20)23(29)26-22)21(28)16-9-11-17(12-10-16)32(30,31)27-13-5-1-2-6-14-27/h3-4,7-12,19H,1-2,5-6,13-14H2,(H,25,26,29)/t19-/m1/s1. The van der Waals surface area contributed by atoms with E-state index in [4.69, 9.17) is 0 Å². The van der Waals surface area contributed by atoms with Gasteiger partial charge >= 0.3 is 0 Å². The van der Waals surface area contributed by atoms with Gasteiger partial charge in [0.05, 0.1) is 21.9 Å². The summed E-state index contributed by atoms with van der Waals surface area (Å²) >= 11 is 0. The molecular formula is C23H22N4O4S. The van der Waals surface area contributed by atoms with Gasteiger partial charge in [0.25, 0.3) is 5.56 Å². The van der Waals surface area contributed by atoms with Crippen molar-refractivity contribution in [2.45, 2.75) is 36.5 Å². The number of Topliss-reactive ketones (excluding diaryl/α,β-unsaturated/α-hetero) is 1. The topological polar surface area (TPSA) is 124 Å². The molecule has 0 unspecified atom stereocenters. The molecule has 32 heavy (non-hydrogen) atoms. The van der Waals surface area contributed by atoms with Crippen LogP contribution in [0.3, 0.4) is 0 Å². The van der Waals surface area contributed by atoms with Gasteiger partial charge in [-0.2, -0.15) is 9.57 Å². The highest BCUT2D eigenvalue weighted by Gasteiger charge is 2.28. The zero-order valence-corrected chi connectivity index (χ0v) is 18.1. The minimum atomic E-state index is -3.64. The van der Waals surface area contributed by atoms with E-state index in [1.165, 1.54) is 28.6 Å². The van der Waals surface area contributed by atoms with E-state index >= 15 is 0 Å². The Bertz CT molecular complexity index is 1350. The predicted molar refractivity (Wildman–Crippen MR) is 119 cm³/mol. The van der Waals surface area contributed by atoms with Crippen LogP contribution in [0.15, 0.2) is 58.2 Å². The van der Waals surface area contributed by atoms with Crippen LogP contribution in [0.1, 0.15) is 47.8 Å². The Morgan fingerprint density at radius 2 is 1.69 bits per heavy atom. The Balaban J connectivity index is 1.62. The van der Waals surface area contributed by atoms with E-state index in [9.17, 15) is 23.3 Å². The minimum absolute atomic E-state index is 0.0394. The highest BCUT2D eigenvalue weighted by atomic mass is 32.2. The number of fused-ring (bicyclic) bond motifs is 1. The average molecular weight is 451 g/mol. The largest absolute Gasteiger partial charge is 0.308 e. The first kappa shape index (κ1) is 21.9. The third kappa shape index (κ3) is 4.20. The molecule has 3 aromatic rings. The first-order valence-electron chi connectivity index (χ1n) is 10.4. The molecule has 164 valence electrons. The number of hydrogen-bond donors (Lipinski definition) is 1. The maximum atomic E-state index is 13.0. The van der Waals surface area contributed by atoms with Crippen molar-refractivity contribution < 1.29 is 13.2 Å². The van der Waals surface area contributed by atoms with Crippen LogP contribution in [0, 0.1) is 11.3 Å². The number of nitriles is 1. The molecule has 2 heterocycles. The molecule has 1 aliphatic rings. The van der Waals surface area contributed by atoms with E-state index in [1.54, 1.807) is 24.3 Å². The number of sulfonamides is 1. The number of nitrogens with one attached hydrogen (secondary N) is 1. The van der Waals surface area contributed by atoms with E-state index in [1.807, 2.05) is 6.07 Å². The molecule has 0 radical (unpaired) electrons. The maximum absolute atomic E-state index is 13.0. The number of benzene rings is 2. The van der Waals surface area contributed by atoms with E-state index in [0.29, 0.717) is 24.0 Å². The van der Waals surface area contributed by atoms with Crippen molar-refractivity contribution in [2.75, 3.05) is 13.1 Å². The van der Waals surface area contributed by atoms with Crippen molar-refractivity contribution in [1.82, 2.24) is 14.3 Å². The fourth-order valence-corrected chi connectivity index (χ4v) is 5.39. The number of rotatable bonds is 5. The summed E-state index contributed by atoms with van der Waals surface area (Å²) in [5.74, 6) is -1.92. The molecule has 0 aliphatic carbocycles. The summed E-state index contributed by atoms with van der Waals surface area (Å²) in [4.78, 5) is 32.2. The van der Waals surface area contributed by atoms with Crippen LogP contribution in [0.25, 0.3) is 10.9 Å². The summed E-state index contributed by atoms with van der Waals surface area (Å²) in [5.41, 5.74) is 0.123. The van der Waals surface area contributed by atoms with Gasteiger partial charge in [0.2, 0.25) is 10.0 Å². The molecule has 1 aromatic heterocycles. The van der Waals surface area contributed by atoms with Gasteiger partial charge in [0.15, 0.2) is 11.7 Å². The quantitative estimate of drug-likeness (QED) is 0.596. The Morgan fingerprint density at radius 3 is 2.34 bits per heavy atom. The Kier molecular flexibility index (Phi) is 6.17. The van der Waals surface area contributed by atoms with Crippen LogP contribution in [-0.4, -0.2) is 41.6 Å². The monoisotopic (exact) mass is 450 g/mol. The van der Waals surface area contributed by atoms with Gasteiger partial charge < -0.3 is 4.98 Å². The second-order valence-electron chi connectivity index (χ2n) is 7.74. The van der Waals surface area contributed by atoms with E-state index < -0.39 is 27.3 Å². The smallest absolute Gasteiger partial charge is 0.258 e. The average Bonchev–Trinajstić information content (AvgIpc) is 3.10. The van der Waals surface area contributed by atoms with Crippen molar-refractivity contribution in [3.8, 4) is 6.07 Å². The number of aromatic nitrogens is 2. The van der Waals surface area contributed by atoms with E-state index in [-0.39, 0.29) is 16.3 Å². The maximum Gasteiger partial charge on any atom is 0.258 e. The lowest BCUT2D eigenvalue weighted by Gasteiger charge is -2.20. The van der Waals surface area contributed by atoms with Crippen molar-refractivity contribution in [3.05, 3.63) is 70.3 Å². The summed E-state index contributed by atoms with van der Waals surface area (Å²) in [6.07, 6.45) is 3.69. The molecule has 0 bridgehead atoms. The lowest BCUT2D eigenvalue weighted by Crippen LogP contribution is -2.31. The van der Waals surface area contributed by atoms with Gasteiger partial charge in [-0.1, -0.05) is 37.1 Å². The molecule has 8 nitrogen and oxygen atoms in total.